The van der Waals surface area contributed by atoms with Crippen molar-refractivity contribution >= 4 is 6.09 Å². The molecule has 1 amide bonds. The number of fused-ring (bicyclic) bond motifs is 2. The number of epoxide rings is 1. The molecule has 2 heterocycles. The van der Waals surface area contributed by atoms with Crippen LogP contribution >= 0.6 is 0 Å². The van der Waals surface area contributed by atoms with Crippen molar-refractivity contribution in [1.29, 1.82) is 0 Å². The molecule has 2 atom stereocenters. The molecular formula is C20H27N3O4. The molecule has 2 N–H and O–H groups in total. The molecule has 27 heavy (non-hydrogen) atoms. The lowest BCUT2D eigenvalue weighted by molar-refractivity contribution is 0.124. The number of hydrogen-bond donors (Lipinski definition) is 2. The first-order valence-corrected chi connectivity index (χ1v) is 9.50. The number of aromatic amines is 1. The van der Waals surface area contributed by atoms with Gasteiger partial charge in [-0.1, -0.05) is 26.0 Å². The third kappa shape index (κ3) is 3.56. The number of alkyl carbamates (subject to hydrolysis) is 1. The fraction of sp³-hybridized carbons (Fsp3) is 0.550. The van der Waals surface area contributed by atoms with Crippen LogP contribution in [0.4, 0.5) is 4.79 Å². The Morgan fingerprint density at radius 3 is 2.78 bits per heavy atom. The van der Waals surface area contributed by atoms with E-state index in [1.807, 2.05) is 26.0 Å². The van der Waals surface area contributed by atoms with Gasteiger partial charge in [0, 0.05) is 0 Å². The van der Waals surface area contributed by atoms with E-state index in [2.05, 4.69) is 27.2 Å². The lowest BCUT2D eigenvalue weighted by atomic mass is 9.85. The second-order valence-corrected chi connectivity index (χ2v) is 7.82. The average molecular weight is 373 g/mol. The van der Waals surface area contributed by atoms with E-state index in [1.165, 1.54) is 11.3 Å². The Balaban J connectivity index is 1.47. The SMILES string of the molecule is COc1ccc(Cn2[nH]c3c2[C@]2(CC[C@H]3NC(=O)OCC(C)C)CO2)cc1. The maximum Gasteiger partial charge on any atom is 0.407 e. The third-order valence-electron chi connectivity index (χ3n) is 5.23. The Kier molecular flexibility index (Phi) is 4.63. The monoisotopic (exact) mass is 373 g/mol. The van der Waals surface area contributed by atoms with Gasteiger partial charge in [0.25, 0.3) is 0 Å². The summed E-state index contributed by atoms with van der Waals surface area (Å²) in [5, 5.41) is 6.40. The standard InChI is InChI=1S/C20H27N3O4/c1-13(2)11-26-19(24)21-16-8-9-20(12-27-20)18-17(16)22-23(18)10-14-4-6-15(25-3)7-5-14/h4-7,13,16,22H,8-12H2,1-3H3,(H,21,24)/t16-,20+/m1/s1. The fourth-order valence-corrected chi connectivity index (χ4v) is 3.69. The molecule has 7 heteroatoms. The number of benzene rings is 1. The van der Waals surface area contributed by atoms with E-state index in [0.717, 1.165) is 37.4 Å². The molecule has 1 fully saturated rings. The van der Waals surface area contributed by atoms with Gasteiger partial charge in [0.15, 0.2) is 0 Å². The number of nitrogens with zero attached hydrogens (tertiary/aromatic N) is 1. The van der Waals surface area contributed by atoms with E-state index in [1.54, 1.807) is 7.11 Å². The predicted molar refractivity (Wildman–Crippen MR) is 99.8 cm³/mol. The first-order chi connectivity index (χ1) is 13.0. The third-order valence-corrected chi connectivity index (χ3v) is 5.23. The zero-order chi connectivity index (χ0) is 19.0. The summed E-state index contributed by atoms with van der Waals surface area (Å²) in [7, 11) is 1.67. The van der Waals surface area contributed by atoms with Crippen molar-refractivity contribution in [2.45, 2.75) is 44.9 Å². The van der Waals surface area contributed by atoms with Crippen LogP contribution in [0.15, 0.2) is 24.3 Å². The summed E-state index contributed by atoms with van der Waals surface area (Å²) in [4.78, 5) is 12.1. The molecule has 1 aliphatic heterocycles. The molecule has 0 radical (unpaired) electrons. The van der Waals surface area contributed by atoms with Gasteiger partial charge in [-0.3, -0.25) is 9.78 Å². The van der Waals surface area contributed by atoms with Crippen LogP contribution in [0.5, 0.6) is 5.75 Å². The number of nitrogens with one attached hydrogen (secondary N) is 2. The number of hydrogen-bond acceptors (Lipinski definition) is 4. The van der Waals surface area contributed by atoms with Crippen LogP contribution in [0.25, 0.3) is 0 Å². The minimum absolute atomic E-state index is 0.0541. The van der Waals surface area contributed by atoms with Crippen LogP contribution in [0, 0.1) is 5.92 Å². The lowest BCUT2D eigenvalue weighted by Crippen LogP contribution is -2.41. The van der Waals surface area contributed by atoms with Crippen molar-refractivity contribution in [3.63, 3.8) is 0 Å². The van der Waals surface area contributed by atoms with Crippen molar-refractivity contribution in [2.24, 2.45) is 5.92 Å². The number of ether oxygens (including phenoxy) is 3. The second-order valence-electron chi connectivity index (χ2n) is 7.82. The Hall–Kier alpha value is -2.41. The van der Waals surface area contributed by atoms with E-state index in [-0.39, 0.29) is 17.7 Å². The molecule has 4 rings (SSSR count). The van der Waals surface area contributed by atoms with Crippen molar-refractivity contribution in [3.05, 3.63) is 41.2 Å². The molecule has 1 saturated heterocycles. The second kappa shape index (κ2) is 6.96. The predicted octanol–water partition coefficient (Wildman–Crippen LogP) is 3.32. The number of aromatic nitrogens is 2. The highest BCUT2D eigenvalue weighted by Crippen LogP contribution is 2.51. The minimum Gasteiger partial charge on any atom is -0.497 e. The molecule has 1 aromatic heterocycles. The summed E-state index contributed by atoms with van der Waals surface area (Å²) in [6.07, 6.45) is 1.39. The fourth-order valence-electron chi connectivity index (χ4n) is 3.69. The normalized spacial score (nSPS) is 23.3. The zero-order valence-corrected chi connectivity index (χ0v) is 16.1. The molecular weight excluding hydrogens is 346 g/mol. The van der Waals surface area contributed by atoms with Crippen LogP contribution in [0.2, 0.25) is 0 Å². The average Bonchev–Trinajstić information content (AvgIpc) is 3.40. The summed E-state index contributed by atoms with van der Waals surface area (Å²) in [6, 6.07) is 7.98. The van der Waals surface area contributed by atoms with Gasteiger partial charge in [0.2, 0.25) is 0 Å². The minimum atomic E-state index is -0.358. The summed E-state index contributed by atoms with van der Waals surface area (Å²) in [5.41, 5.74) is 3.22. The van der Waals surface area contributed by atoms with Crippen molar-refractivity contribution < 1.29 is 19.0 Å². The van der Waals surface area contributed by atoms with Gasteiger partial charge in [-0.2, -0.15) is 0 Å². The Bertz CT molecular complexity index is 802. The van der Waals surface area contributed by atoms with Gasteiger partial charge in [0.05, 0.1) is 44.3 Å². The molecule has 1 aromatic carbocycles. The molecule has 2 aliphatic rings. The van der Waals surface area contributed by atoms with Gasteiger partial charge in [-0.15, -0.1) is 0 Å². The zero-order valence-electron chi connectivity index (χ0n) is 16.1. The van der Waals surface area contributed by atoms with Crippen molar-refractivity contribution in [1.82, 2.24) is 15.1 Å². The molecule has 0 saturated carbocycles. The van der Waals surface area contributed by atoms with Gasteiger partial charge in [0.1, 0.15) is 11.4 Å². The number of rotatable bonds is 6. The van der Waals surface area contributed by atoms with Crippen LogP contribution < -0.4 is 10.1 Å². The molecule has 7 nitrogen and oxygen atoms in total. The van der Waals surface area contributed by atoms with E-state index < -0.39 is 0 Å². The van der Waals surface area contributed by atoms with Crippen LogP contribution in [0.1, 0.15) is 49.7 Å². The van der Waals surface area contributed by atoms with Crippen LogP contribution in [-0.2, 0) is 21.6 Å². The Morgan fingerprint density at radius 2 is 2.15 bits per heavy atom. The van der Waals surface area contributed by atoms with Crippen molar-refractivity contribution in [3.8, 4) is 5.75 Å². The smallest absolute Gasteiger partial charge is 0.407 e. The maximum atomic E-state index is 12.1. The molecule has 0 unspecified atom stereocenters. The van der Waals surface area contributed by atoms with Crippen LogP contribution in [-0.4, -0.2) is 36.2 Å². The van der Waals surface area contributed by atoms with Crippen molar-refractivity contribution in [2.75, 3.05) is 20.3 Å². The largest absolute Gasteiger partial charge is 0.497 e. The van der Waals surface area contributed by atoms with Gasteiger partial charge in [-0.25, -0.2) is 4.79 Å². The van der Waals surface area contributed by atoms with Gasteiger partial charge >= 0.3 is 6.09 Å². The Morgan fingerprint density at radius 1 is 1.41 bits per heavy atom. The molecule has 1 spiro atoms. The van der Waals surface area contributed by atoms with E-state index >= 15 is 0 Å². The number of carbonyl (C=O) groups excluding carboxylic acids is 1. The highest BCUT2D eigenvalue weighted by molar-refractivity contribution is 5.68. The molecule has 0 bridgehead atoms. The first kappa shape index (κ1) is 18.0. The lowest BCUT2D eigenvalue weighted by Gasteiger charge is -2.36. The number of carbonyl (C=O) groups is 1. The maximum absolute atomic E-state index is 12.1. The van der Waals surface area contributed by atoms with E-state index in [9.17, 15) is 4.79 Å². The quantitative estimate of drug-likeness (QED) is 0.761. The number of methoxy groups -OCH3 is 1. The summed E-state index contributed by atoms with van der Waals surface area (Å²) < 4.78 is 18.4. The number of H-pyrrole nitrogens is 1. The van der Waals surface area contributed by atoms with Gasteiger partial charge < -0.3 is 19.5 Å². The summed E-state index contributed by atoms with van der Waals surface area (Å²) in [6.45, 7) is 5.95. The van der Waals surface area contributed by atoms with E-state index in [0.29, 0.717) is 12.5 Å². The molecule has 146 valence electrons. The first-order valence-electron chi connectivity index (χ1n) is 9.50. The summed E-state index contributed by atoms with van der Waals surface area (Å²) in [5.74, 6) is 1.17. The number of amides is 1. The highest BCUT2D eigenvalue weighted by atomic mass is 16.6. The van der Waals surface area contributed by atoms with Gasteiger partial charge in [-0.05, 0) is 36.5 Å². The summed E-state index contributed by atoms with van der Waals surface area (Å²) >= 11 is 0. The molecule has 1 aliphatic carbocycles. The van der Waals surface area contributed by atoms with Crippen LogP contribution in [0.3, 0.4) is 0 Å². The Labute approximate surface area is 159 Å². The van der Waals surface area contributed by atoms with E-state index in [4.69, 9.17) is 14.2 Å². The molecule has 2 aromatic rings. The highest BCUT2D eigenvalue weighted by Gasteiger charge is 2.55. The topological polar surface area (TPSA) is 80.8 Å².